The lowest BCUT2D eigenvalue weighted by atomic mass is 10.1. The highest BCUT2D eigenvalue weighted by atomic mass is 14.7. The van der Waals surface area contributed by atoms with Crippen LogP contribution in [-0.4, -0.2) is 11.5 Å². The Bertz CT molecular complexity index is 488. The first-order valence-electron chi connectivity index (χ1n) is 4.71. The first kappa shape index (κ1) is 8.83. The molecule has 0 saturated heterocycles. The Morgan fingerprint density at radius 1 is 1.43 bits per heavy atom. The average molecular weight is 184 g/mol. The van der Waals surface area contributed by atoms with Crippen molar-refractivity contribution in [3.63, 3.8) is 0 Å². The molecule has 0 unspecified atom stereocenters. The lowest BCUT2D eigenvalue weighted by molar-refractivity contribution is 1.09. The third kappa shape index (κ3) is 1.49. The van der Waals surface area contributed by atoms with E-state index in [1.54, 1.807) is 0 Å². The molecule has 0 spiro atoms. The summed E-state index contributed by atoms with van der Waals surface area (Å²) in [5, 5.41) is 1.25. The minimum atomic E-state index is 0.570. The molecule has 0 radical (unpaired) electrons. The number of hydrogen-bond donors (Lipinski definition) is 1. The number of H-pyrrole nitrogens is 1. The number of aromatic nitrogens is 1. The number of benzene rings is 1. The maximum Gasteiger partial charge on any atom is 0.218 e. The molecule has 0 aliphatic heterocycles. The number of rotatable bonds is 2. The van der Waals surface area contributed by atoms with Crippen molar-refractivity contribution in [3.8, 4) is 0 Å². The zero-order chi connectivity index (χ0) is 9.97. The molecule has 1 aromatic carbocycles. The highest BCUT2D eigenvalue weighted by molar-refractivity contribution is 5.83. The normalized spacial score (nSPS) is 10.3. The molecule has 1 heterocycles. The minimum Gasteiger partial charge on any atom is -0.361 e. The van der Waals surface area contributed by atoms with Gasteiger partial charge in [-0.25, -0.2) is 6.57 Å². The molecule has 0 saturated carbocycles. The molecule has 14 heavy (non-hydrogen) atoms. The Morgan fingerprint density at radius 3 is 3.07 bits per heavy atom. The molecule has 0 atom stereocenters. The Balaban J connectivity index is 2.43. The van der Waals surface area contributed by atoms with E-state index in [2.05, 4.69) is 35.0 Å². The summed E-state index contributed by atoms with van der Waals surface area (Å²) in [5.41, 5.74) is 3.68. The Labute approximate surface area is 83.4 Å². The summed E-state index contributed by atoms with van der Waals surface area (Å²) in [6, 6.07) is 6.37. The van der Waals surface area contributed by atoms with Crippen molar-refractivity contribution in [1.29, 1.82) is 0 Å². The molecule has 70 valence electrons. The molecule has 1 aromatic heterocycles. The van der Waals surface area contributed by atoms with Gasteiger partial charge in [0.15, 0.2) is 0 Å². The molecular weight excluding hydrogens is 172 g/mol. The predicted molar refractivity (Wildman–Crippen MR) is 58.2 cm³/mol. The van der Waals surface area contributed by atoms with Gasteiger partial charge < -0.3 is 9.83 Å². The quantitative estimate of drug-likeness (QED) is 0.692. The van der Waals surface area contributed by atoms with Crippen molar-refractivity contribution in [2.45, 2.75) is 13.3 Å². The van der Waals surface area contributed by atoms with E-state index in [0.717, 1.165) is 6.42 Å². The summed E-state index contributed by atoms with van der Waals surface area (Å²) in [7, 11) is 0. The number of nitrogens with zero attached hydrogens (tertiary/aromatic N) is 1. The van der Waals surface area contributed by atoms with E-state index in [0.29, 0.717) is 6.54 Å². The van der Waals surface area contributed by atoms with Crippen LogP contribution in [0.1, 0.15) is 11.1 Å². The zero-order valence-corrected chi connectivity index (χ0v) is 8.17. The molecule has 2 heteroatoms. The SMILES string of the molecule is [C-]#[N+]CCc1c[nH]c2cc(C)ccc12. The Morgan fingerprint density at radius 2 is 2.29 bits per heavy atom. The molecule has 1 N–H and O–H groups in total. The van der Waals surface area contributed by atoms with E-state index in [4.69, 9.17) is 6.57 Å². The molecule has 2 aromatic rings. The molecule has 0 amide bonds. The number of aromatic amines is 1. The summed E-state index contributed by atoms with van der Waals surface area (Å²) in [6.07, 6.45) is 2.85. The fourth-order valence-corrected chi connectivity index (χ4v) is 1.68. The van der Waals surface area contributed by atoms with Crippen LogP contribution < -0.4 is 0 Å². The van der Waals surface area contributed by atoms with E-state index in [9.17, 15) is 0 Å². The first-order chi connectivity index (χ1) is 6.81. The third-order valence-corrected chi connectivity index (χ3v) is 2.42. The lowest BCUT2D eigenvalue weighted by Crippen LogP contribution is -1.84. The largest absolute Gasteiger partial charge is 0.361 e. The summed E-state index contributed by atoms with van der Waals surface area (Å²) < 4.78 is 0. The van der Waals surface area contributed by atoms with Crippen molar-refractivity contribution in [1.82, 2.24) is 4.98 Å². The van der Waals surface area contributed by atoms with Crippen LogP contribution in [0.15, 0.2) is 24.4 Å². The average Bonchev–Trinajstić information content (AvgIpc) is 2.57. The van der Waals surface area contributed by atoms with Gasteiger partial charge in [0.2, 0.25) is 6.54 Å². The molecular formula is C12H12N2. The van der Waals surface area contributed by atoms with Crippen LogP contribution >= 0.6 is 0 Å². The van der Waals surface area contributed by atoms with Crippen LogP contribution in [-0.2, 0) is 6.42 Å². The van der Waals surface area contributed by atoms with E-state index in [1.807, 2.05) is 6.20 Å². The molecule has 2 rings (SSSR count). The van der Waals surface area contributed by atoms with Crippen LogP contribution in [0.25, 0.3) is 15.7 Å². The number of nitrogens with one attached hydrogen (secondary N) is 1. The predicted octanol–water partition coefficient (Wildman–Crippen LogP) is 2.94. The van der Waals surface area contributed by atoms with Crippen LogP contribution in [0.4, 0.5) is 0 Å². The summed E-state index contributed by atoms with van der Waals surface area (Å²) in [4.78, 5) is 6.61. The maximum absolute atomic E-state index is 6.76. The number of aryl methyl sites for hydroxylation is 1. The second kappa shape index (κ2) is 3.55. The van der Waals surface area contributed by atoms with Crippen molar-refractivity contribution in [3.05, 3.63) is 46.9 Å². The van der Waals surface area contributed by atoms with Gasteiger partial charge >= 0.3 is 0 Å². The van der Waals surface area contributed by atoms with E-state index >= 15 is 0 Å². The van der Waals surface area contributed by atoms with E-state index in [-0.39, 0.29) is 0 Å². The van der Waals surface area contributed by atoms with Gasteiger partial charge in [-0.2, -0.15) is 0 Å². The van der Waals surface area contributed by atoms with E-state index in [1.165, 1.54) is 22.0 Å². The van der Waals surface area contributed by atoms with Gasteiger partial charge in [-0.1, -0.05) is 12.1 Å². The fourth-order valence-electron chi connectivity index (χ4n) is 1.68. The Hall–Kier alpha value is -1.75. The fraction of sp³-hybridized carbons (Fsp3) is 0.250. The van der Waals surface area contributed by atoms with Crippen LogP contribution in [0.2, 0.25) is 0 Å². The van der Waals surface area contributed by atoms with Crippen LogP contribution in [0.5, 0.6) is 0 Å². The standard InChI is InChI=1S/C12H12N2/c1-9-3-4-11-10(5-6-13-2)8-14-12(11)7-9/h3-4,7-8,14H,5-6H2,1H3. The van der Waals surface area contributed by atoms with Crippen LogP contribution in [0.3, 0.4) is 0 Å². The lowest BCUT2D eigenvalue weighted by Gasteiger charge is -1.95. The highest BCUT2D eigenvalue weighted by Gasteiger charge is 2.03. The monoisotopic (exact) mass is 184 g/mol. The summed E-state index contributed by atoms with van der Waals surface area (Å²) in [5.74, 6) is 0. The smallest absolute Gasteiger partial charge is 0.218 e. The third-order valence-electron chi connectivity index (χ3n) is 2.42. The van der Waals surface area contributed by atoms with Crippen molar-refractivity contribution >= 4 is 10.9 Å². The van der Waals surface area contributed by atoms with Gasteiger partial charge in [-0.15, -0.1) is 0 Å². The molecule has 0 aliphatic rings. The van der Waals surface area contributed by atoms with Crippen LogP contribution in [0, 0.1) is 13.5 Å². The summed E-state index contributed by atoms with van der Waals surface area (Å²) >= 11 is 0. The number of fused-ring (bicyclic) bond motifs is 1. The highest BCUT2D eigenvalue weighted by Crippen LogP contribution is 2.19. The molecule has 0 bridgehead atoms. The maximum atomic E-state index is 6.76. The van der Waals surface area contributed by atoms with Gasteiger partial charge in [0.25, 0.3) is 0 Å². The topological polar surface area (TPSA) is 20.1 Å². The second-order valence-electron chi connectivity index (χ2n) is 3.49. The molecule has 2 nitrogen and oxygen atoms in total. The van der Waals surface area contributed by atoms with Crippen molar-refractivity contribution in [2.24, 2.45) is 0 Å². The van der Waals surface area contributed by atoms with Crippen molar-refractivity contribution < 1.29 is 0 Å². The van der Waals surface area contributed by atoms with Gasteiger partial charge in [0.05, 0.1) is 0 Å². The molecule has 0 fully saturated rings. The first-order valence-corrected chi connectivity index (χ1v) is 4.71. The van der Waals surface area contributed by atoms with Crippen molar-refractivity contribution in [2.75, 3.05) is 6.54 Å². The summed E-state index contributed by atoms with van der Waals surface area (Å²) in [6.45, 7) is 9.41. The Kier molecular flexibility index (Phi) is 2.24. The van der Waals surface area contributed by atoms with Gasteiger partial charge in [-0.3, -0.25) is 0 Å². The zero-order valence-electron chi connectivity index (χ0n) is 8.17. The van der Waals surface area contributed by atoms with Gasteiger partial charge in [0, 0.05) is 23.5 Å². The number of hydrogen-bond acceptors (Lipinski definition) is 0. The molecule has 0 aliphatic carbocycles. The second-order valence-corrected chi connectivity index (χ2v) is 3.49. The van der Waals surface area contributed by atoms with E-state index < -0.39 is 0 Å². The van der Waals surface area contributed by atoms with Gasteiger partial charge in [0.1, 0.15) is 0 Å². The minimum absolute atomic E-state index is 0.570. The van der Waals surface area contributed by atoms with Gasteiger partial charge in [-0.05, 0) is 24.1 Å².